The van der Waals surface area contributed by atoms with Crippen LogP contribution in [-0.4, -0.2) is 34.1 Å². The van der Waals surface area contributed by atoms with Gasteiger partial charge in [0.25, 0.3) is 5.91 Å². The summed E-state index contributed by atoms with van der Waals surface area (Å²) in [5.41, 5.74) is 2.77. The molecule has 0 atom stereocenters. The van der Waals surface area contributed by atoms with Crippen LogP contribution in [0.5, 0.6) is 5.75 Å². The zero-order valence-corrected chi connectivity index (χ0v) is 18.5. The Bertz CT molecular complexity index is 1330. The third-order valence-corrected chi connectivity index (χ3v) is 5.09. The maximum Gasteiger partial charge on any atom is 0.255 e. The lowest BCUT2D eigenvalue weighted by molar-refractivity contribution is 0.102. The van der Waals surface area contributed by atoms with Gasteiger partial charge in [-0.2, -0.15) is 14.9 Å². The van der Waals surface area contributed by atoms with Gasteiger partial charge in [0.05, 0.1) is 13.3 Å². The minimum atomic E-state index is -0.227. The van der Waals surface area contributed by atoms with Gasteiger partial charge in [0.15, 0.2) is 5.82 Å². The van der Waals surface area contributed by atoms with Crippen LogP contribution in [0.1, 0.15) is 15.9 Å². The van der Waals surface area contributed by atoms with E-state index in [0.717, 1.165) is 16.9 Å². The predicted molar refractivity (Wildman–Crippen MR) is 128 cm³/mol. The molecule has 0 aliphatic heterocycles. The number of hydrogen-bond donors (Lipinski definition) is 2. The van der Waals surface area contributed by atoms with Crippen LogP contribution in [0.2, 0.25) is 5.02 Å². The maximum absolute atomic E-state index is 12.4. The highest BCUT2D eigenvalue weighted by molar-refractivity contribution is 7.71. The average Bonchev–Trinajstić information content (AvgIpc) is 3.18. The van der Waals surface area contributed by atoms with E-state index in [-0.39, 0.29) is 5.91 Å². The summed E-state index contributed by atoms with van der Waals surface area (Å²) >= 11 is 11.2. The van der Waals surface area contributed by atoms with E-state index in [9.17, 15) is 4.79 Å². The summed E-state index contributed by atoms with van der Waals surface area (Å²) in [6.07, 6.45) is 1.65. The summed E-state index contributed by atoms with van der Waals surface area (Å²) < 4.78 is 7.10. The summed E-state index contributed by atoms with van der Waals surface area (Å²) in [5.74, 6) is 1.09. The van der Waals surface area contributed by atoms with Crippen molar-refractivity contribution in [2.45, 2.75) is 0 Å². The van der Waals surface area contributed by atoms with Crippen molar-refractivity contribution < 1.29 is 9.53 Å². The Morgan fingerprint density at radius 3 is 2.62 bits per heavy atom. The number of amides is 1. The number of rotatable bonds is 6. The normalized spacial score (nSPS) is 10.9. The Labute approximate surface area is 194 Å². The van der Waals surface area contributed by atoms with Gasteiger partial charge in [-0.1, -0.05) is 23.7 Å². The van der Waals surface area contributed by atoms with Crippen molar-refractivity contribution >= 4 is 41.6 Å². The standard InChI is InChI=1S/C23H18ClN5O2S/c1-31-20-11-7-16(8-12-20)21-27-28-23(32)29(21)25-14-15-3-2-4-19(13-15)26-22(30)17-5-9-18(24)10-6-17/h2-14H,1H3,(H,26,30)(H,28,32)/b25-14+. The van der Waals surface area contributed by atoms with Crippen molar-refractivity contribution in [2.75, 3.05) is 12.4 Å². The lowest BCUT2D eigenvalue weighted by atomic mass is 10.2. The Morgan fingerprint density at radius 2 is 1.91 bits per heavy atom. The van der Waals surface area contributed by atoms with Crippen molar-refractivity contribution in [3.8, 4) is 17.1 Å². The number of nitrogens with zero attached hydrogens (tertiary/aromatic N) is 3. The van der Waals surface area contributed by atoms with Gasteiger partial charge in [-0.15, -0.1) is 0 Å². The second-order valence-electron chi connectivity index (χ2n) is 6.72. The van der Waals surface area contributed by atoms with Crippen LogP contribution < -0.4 is 10.1 Å². The molecule has 0 aliphatic rings. The van der Waals surface area contributed by atoms with Gasteiger partial charge in [0, 0.05) is 21.8 Å². The first-order valence-electron chi connectivity index (χ1n) is 9.57. The number of aromatic nitrogens is 3. The minimum Gasteiger partial charge on any atom is -0.497 e. The van der Waals surface area contributed by atoms with E-state index in [4.69, 9.17) is 28.6 Å². The molecule has 4 aromatic rings. The van der Waals surface area contributed by atoms with Crippen LogP contribution in [-0.2, 0) is 0 Å². The lowest BCUT2D eigenvalue weighted by Gasteiger charge is -2.06. The Hall–Kier alpha value is -3.75. The molecular formula is C23H18ClN5O2S. The number of carbonyl (C=O) groups is 1. The van der Waals surface area contributed by atoms with Crippen LogP contribution in [0.15, 0.2) is 77.9 Å². The molecule has 1 heterocycles. The predicted octanol–water partition coefficient (Wildman–Crippen LogP) is 5.40. The van der Waals surface area contributed by atoms with Crippen molar-refractivity contribution in [2.24, 2.45) is 5.10 Å². The van der Waals surface area contributed by atoms with Gasteiger partial charge in [-0.05, 0) is 78.4 Å². The van der Waals surface area contributed by atoms with E-state index in [1.54, 1.807) is 43.7 Å². The van der Waals surface area contributed by atoms with E-state index in [1.165, 1.54) is 4.68 Å². The highest BCUT2D eigenvalue weighted by Crippen LogP contribution is 2.21. The number of H-pyrrole nitrogens is 1. The molecular weight excluding hydrogens is 446 g/mol. The molecule has 0 spiro atoms. The monoisotopic (exact) mass is 463 g/mol. The van der Waals surface area contributed by atoms with Gasteiger partial charge in [-0.3, -0.25) is 4.79 Å². The van der Waals surface area contributed by atoms with Crippen molar-refractivity contribution in [1.29, 1.82) is 0 Å². The molecule has 0 aliphatic carbocycles. The molecule has 160 valence electrons. The van der Waals surface area contributed by atoms with Gasteiger partial charge in [0.1, 0.15) is 5.75 Å². The SMILES string of the molecule is COc1ccc(-c2n[nH]c(=S)n2/N=C/c2cccc(NC(=O)c3ccc(Cl)cc3)c2)cc1. The molecule has 0 bridgehead atoms. The van der Waals surface area contributed by atoms with Crippen molar-refractivity contribution in [1.82, 2.24) is 14.9 Å². The van der Waals surface area contributed by atoms with E-state index < -0.39 is 0 Å². The van der Waals surface area contributed by atoms with Crippen LogP contribution in [0.3, 0.4) is 0 Å². The molecule has 1 amide bonds. The third kappa shape index (κ3) is 4.93. The second kappa shape index (κ2) is 9.59. The fourth-order valence-corrected chi connectivity index (χ4v) is 3.26. The minimum absolute atomic E-state index is 0.227. The molecule has 3 aromatic carbocycles. The third-order valence-electron chi connectivity index (χ3n) is 4.57. The molecule has 1 aromatic heterocycles. The van der Waals surface area contributed by atoms with E-state index >= 15 is 0 Å². The first kappa shape index (κ1) is 21.5. The van der Waals surface area contributed by atoms with Gasteiger partial charge in [-0.25, -0.2) is 5.10 Å². The number of anilines is 1. The summed E-state index contributed by atoms with van der Waals surface area (Å²) in [6.45, 7) is 0. The van der Waals surface area contributed by atoms with E-state index in [2.05, 4.69) is 20.6 Å². The van der Waals surface area contributed by atoms with Crippen LogP contribution in [0.4, 0.5) is 5.69 Å². The quantitative estimate of drug-likeness (QED) is 0.296. The average molecular weight is 464 g/mol. The smallest absolute Gasteiger partial charge is 0.255 e. The number of hydrogen-bond acceptors (Lipinski definition) is 5. The van der Waals surface area contributed by atoms with E-state index in [1.807, 2.05) is 42.5 Å². The van der Waals surface area contributed by atoms with Gasteiger partial charge in [0.2, 0.25) is 4.77 Å². The first-order valence-corrected chi connectivity index (χ1v) is 10.4. The molecule has 4 rings (SSSR count). The fourth-order valence-electron chi connectivity index (χ4n) is 2.95. The molecule has 0 unspecified atom stereocenters. The highest BCUT2D eigenvalue weighted by Gasteiger charge is 2.09. The molecule has 32 heavy (non-hydrogen) atoms. The Morgan fingerprint density at radius 1 is 1.16 bits per heavy atom. The molecule has 0 radical (unpaired) electrons. The van der Waals surface area contributed by atoms with Crippen LogP contribution in [0, 0.1) is 4.77 Å². The topological polar surface area (TPSA) is 84.3 Å². The summed E-state index contributed by atoms with van der Waals surface area (Å²) in [6, 6.07) is 21.5. The molecule has 2 N–H and O–H groups in total. The lowest BCUT2D eigenvalue weighted by Crippen LogP contribution is -2.11. The highest BCUT2D eigenvalue weighted by atomic mass is 35.5. The van der Waals surface area contributed by atoms with Gasteiger partial charge >= 0.3 is 0 Å². The number of aromatic amines is 1. The summed E-state index contributed by atoms with van der Waals surface area (Å²) in [5, 5.41) is 15.0. The fraction of sp³-hybridized carbons (Fsp3) is 0.0435. The van der Waals surface area contributed by atoms with Crippen LogP contribution in [0.25, 0.3) is 11.4 Å². The number of ether oxygens (including phenoxy) is 1. The zero-order valence-electron chi connectivity index (χ0n) is 16.9. The van der Waals surface area contributed by atoms with Gasteiger partial charge < -0.3 is 10.1 Å². The number of nitrogens with one attached hydrogen (secondary N) is 2. The Balaban J connectivity index is 1.54. The molecule has 0 fully saturated rings. The number of carbonyl (C=O) groups excluding carboxylic acids is 1. The molecule has 7 nitrogen and oxygen atoms in total. The second-order valence-corrected chi connectivity index (χ2v) is 7.55. The molecule has 0 saturated heterocycles. The summed E-state index contributed by atoms with van der Waals surface area (Å²) in [4.78, 5) is 12.4. The molecule has 9 heteroatoms. The van der Waals surface area contributed by atoms with E-state index in [0.29, 0.717) is 26.9 Å². The van der Waals surface area contributed by atoms with Crippen LogP contribution >= 0.6 is 23.8 Å². The maximum atomic E-state index is 12.4. The molecule has 0 saturated carbocycles. The van der Waals surface area contributed by atoms with Crippen molar-refractivity contribution in [3.63, 3.8) is 0 Å². The summed E-state index contributed by atoms with van der Waals surface area (Å²) in [7, 11) is 1.61. The first-order chi connectivity index (χ1) is 15.5. The largest absolute Gasteiger partial charge is 0.497 e. The number of halogens is 1. The Kier molecular flexibility index (Phi) is 6.44. The zero-order chi connectivity index (χ0) is 22.5. The number of methoxy groups -OCH3 is 1. The number of benzene rings is 3. The van der Waals surface area contributed by atoms with Crippen molar-refractivity contribution in [3.05, 3.63) is 93.7 Å².